The largest absolute Gasteiger partial charge is 0.480 e. The SMILES string of the molecule is CCCOC1CCC(=O)C(C(=O)NCC(=O)O)C(=O)c2c1ccn2C. The fourth-order valence-electron chi connectivity index (χ4n) is 2.94. The Morgan fingerprint density at radius 1 is 1.40 bits per heavy atom. The molecule has 1 aromatic rings. The number of carboxylic acids is 1. The maximum Gasteiger partial charge on any atom is 0.322 e. The van der Waals surface area contributed by atoms with Gasteiger partial charge in [0.15, 0.2) is 17.5 Å². The van der Waals surface area contributed by atoms with E-state index < -0.39 is 35.9 Å². The molecule has 8 heteroatoms. The van der Waals surface area contributed by atoms with E-state index in [-0.39, 0.29) is 18.2 Å². The van der Waals surface area contributed by atoms with E-state index in [0.29, 0.717) is 18.6 Å². The zero-order valence-electron chi connectivity index (χ0n) is 14.3. The molecule has 1 amide bonds. The molecule has 0 spiro atoms. The number of nitrogens with one attached hydrogen (secondary N) is 1. The zero-order valence-corrected chi connectivity index (χ0v) is 14.3. The maximum atomic E-state index is 12.9. The number of ether oxygens (including phenoxy) is 1. The van der Waals surface area contributed by atoms with E-state index in [9.17, 15) is 19.2 Å². The van der Waals surface area contributed by atoms with Crippen LogP contribution in [0.4, 0.5) is 0 Å². The molecule has 0 fully saturated rings. The third-order valence-electron chi connectivity index (χ3n) is 4.12. The van der Waals surface area contributed by atoms with Crippen LogP contribution in [0.25, 0.3) is 0 Å². The minimum absolute atomic E-state index is 0.0135. The summed E-state index contributed by atoms with van der Waals surface area (Å²) in [6.07, 6.45) is 2.49. The molecule has 25 heavy (non-hydrogen) atoms. The number of carboxylic acid groups (broad SMARTS) is 1. The highest BCUT2D eigenvalue weighted by atomic mass is 16.5. The van der Waals surface area contributed by atoms with Crippen LogP contribution in [-0.4, -0.2) is 46.3 Å². The summed E-state index contributed by atoms with van der Waals surface area (Å²) in [5, 5.41) is 10.8. The van der Waals surface area contributed by atoms with Crippen molar-refractivity contribution < 1.29 is 29.0 Å². The average molecular weight is 350 g/mol. The van der Waals surface area contributed by atoms with Crippen LogP contribution in [0.1, 0.15) is 48.3 Å². The van der Waals surface area contributed by atoms with Gasteiger partial charge < -0.3 is 19.7 Å². The second kappa shape index (κ2) is 8.06. The second-order valence-corrected chi connectivity index (χ2v) is 6.00. The molecule has 2 unspecified atom stereocenters. The quantitative estimate of drug-likeness (QED) is 0.735. The van der Waals surface area contributed by atoms with Crippen molar-refractivity contribution in [2.45, 2.75) is 32.3 Å². The molecule has 1 aliphatic carbocycles. The van der Waals surface area contributed by atoms with Crippen molar-refractivity contribution in [1.82, 2.24) is 9.88 Å². The Balaban J connectivity index is 2.35. The second-order valence-electron chi connectivity index (χ2n) is 6.00. The summed E-state index contributed by atoms with van der Waals surface area (Å²) in [5.41, 5.74) is 0.911. The van der Waals surface area contributed by atoms with Gasteiger partial charge in [0, 0.05) is 31.8 Å². The van der Waals surface area contributed by atoms with Crippen molar-refractivity contribution in [3.63, 3.8) is 0 Å². The Morgan fingerprint density at radius 3 is 2.76 bits per heavy atom. The van der Waals surface area contributed by atoms with Gasteiger partial charge in [-0.2, -0.15) is 0 Å². The number of fused-ring (bicyclic) bond motifs is 1. The lowest BCUT2D eigenvalue weighted by atomic mass is 9.86. The van der Waals surface area contributed by atoms with Crippen LogP contribution in [0.15, 0.2) is 12.3 Å². The van der Waals surface area contributed by atoms with Crippen molar-refractivity contribution in [1.29, 1.82) is 0 Å². The summed E-state index contributed by atoms with van der Waals surface area (Å²) in [7, 11) is 1.66. The van der Waals surface area contributed by atoms with Crippen molar-refractivity contribution in [3.8, 4) is 0 Å². The number of carbonyl (C=O) groups excluding carboxylic acids is 3. The summed E-state index contributed by atoms with van der Waals surface area (Å²) in [6, 6.07) is 1.76. The number of aryl methyl sites for hydroxylation is 1. The summed E-state index contributed by atoms with van der Waals surface area (Å²) in [5.74, 6) is -4.80. The van der Waals surface area contributed by atoms with Gasteiger partial charge in [0.05, 0.1) is 11.8 Å². The molecule has 0 saturated carbocycles. The first kappa shape index (κ1) is 18.9. The van der Waals surface area contributed by atoms with Gasteiger partial charge in [-0.25, -0.2) is 0 Å². The molecule has 0 aromatic carbocycles. The average Bonchev–Trinajstić information content (AvgIpc) is 2.93. The molecular formula is C17H22N2O6. The molecule has 2 atom stereocenters. The van der Waals surface area contributed by atoms with E-state index in [1.54, 1.807) is 23.9 Å². The van der Waals surface area contributed by atoms with Crippen LogP contribution in [0, 0.1) is 5.92 Å². The lowest BCUT2D eigenvalue weighted by Crippen LogP contribution is -2.43. The highest BCUT2D eigenvalue weighted by Gasteiger charge is 2.39. The van der Waals surface area contributed by atoms with Crippen LogP contribution in [-0.2, 0) is 26.2 Å². The summed E-state index contributed by atoms with van der Waals surface area (Å²) in [4.78, 5) is 48.2. The monoisotopic (exact) mass is 350 g/mol. The lowest BCUT2D eigenvalue weighted by molar-refractivity contribution is -0.140. The standard InChI is InChI=1S/C17H22N2O6/c1-3-8-25-12-5-4-11(20)14(17(24)18-9-13(21)22)16(23)15-10(12)6-7-19(15)2/h6-7,12,14H,3-5,8-9H2,1-2H3,(H,18,24)(H,21,22). The van der Waals surface area contributed by atoms with Gasteiger partial charge in [-0.3, -0.25) is 19.2 Å². The Hall–Kier alpha value is -2.48. The third-order valence-corrected chi connectivity index (χ3v) is 4.12. The van der Waals surface area contributed by atoms with Gasteiger partial charge in [0.25, 0.3) is 0 Å². The third kappa shape index (κ3) is 4.14. The molecule has 0 bridgehead atoms. The molecule has 0 aliphatic heterocycles. The Kier molecular flexibility index (Phi) is 6.08. The van der Waals surface area contributed by atoms with Gasteiger partial charge in [-0.15, -0.1) is 0 Å². The molecule has 1 aliphatic rings. The van der Waals surface area contributed by atoms with E-state index in [1.807, 2.05) is 6.92 Å². The molecule has 1 aromatic heterocycles. The van der Waals surface area contributed by atoms with Crippen molar-refractivity contribution >= 4 is 23.4 Å². The van der Waals surface area contributed by atoms with E-state index in [4.69, 9.17) is 9.84 Å². The summed E-state index contributed by atoms with van der Waals surface area (Å²) < 4.78 is 7.35. The first-order valence-electron chi connectivity index (χ1n) is 8.20. The van der Waals surface area contributed by atoms with Crippen molar-refractivity contribution in [2.75, 3.05) is 13.2 Å². The Morgan fingerprint density at radius 2 is 2.12 bits per heavy atom. The molecule has 8 nitrogen and oxygen atoms in total. The molecule has 136 valence electrons. The Bertz CT molecular complexity index is 693. The van der Waals surface area contributed by atoms with E-state index in [2.05, 4.69) is 5.32 Å². The minimum Gasteiger partial charge on any atom is -0.480 e. The van der Waals surface area contributed by atoms with Crippen LogP contribution >= 0.6 is 0 Å². The molecule has 2 rings (SSSR count). The first-order valence-corrected chi connectivity index (χ1v) is 8.20. The van der Waals surface area contributed by atoms with Gasteiger partial charge in [0.1, 0.15) is 6.54 Å². The molecular weight excluding hydrogens is 328 g/mol. The van der Waals surface area contributed by atoms with Crippen molar-refractivity contribution in [3.05, 3.63) is 23.5 Å². The van der Waals surface area contributed by atoms with Gasteiger partial charge in [-0.1, -0.05) is 6.92 Å². The molecule has 1 heterocycles. The predicted octanol–water partition coefficient (Wildman–Crippen LogP) is 0.855. The minimum atomic E-state index is -1.53. The number of aliphatic carboxylic acids is 1. The Labute approximate surface area is 145 Å². The van der Waals surface area contributed by atoms with E-state index >= 15 is 0 Å². The van der Waals surface area contributed by atoms with Gasteiger partial charge >= 0.3 is 5.97 Å². The summed E-state index contributed by atoms with van der Waals surface area (Å²) in [6.45, 7) is 1.83. The number of aromatic nitrogens is 1. The number of hydrogen-bond donors (Lipinski definition) is 2. The van der Waals surface area contributed by atoms with E-state index in [1.165, 1.54) is 0 Å². The maximum absolute atomic E-state index is 12.9. The van der Waals surface area contributed by atoms with E-state index in [0.717, 1.165) is 6.42 Å². The number of Topliss-reactive ketones (excluding diaryl/α,β-unsaturated/α-hetero) is 2. The van der Waals surface area contributed by atoms with Crippen LogP contribution < -0.4 is 5.32 Å². The van der Waals surface area contributed by atoms with Crippen molar-refractivity contribution in [2.24, 2.45) is 13.0 Å². The number of rotatable bonds is 6. The van der Waals surface area contributed by atoms with Crippen LogP contribution in [0.3, 0.4) is 0 Å². The lowest BCUT2D eigenvalue weighted by Gasteiger charge is -2.24. The number of ketones is 2. The molecule has 0 saturated heterocycles. The number of hydrogen-bond acceptors (Lipinski definition) is 5. The number of nitrogens with zero attached hydrogens (tertiary/aromatic N) is 1. The molecule has 0 radical (unpaired) electrons. The van der Waals surface area contributed by atoms with Crippen LogP contribution in [0.5, 0.6) is 0 Å². The van der Waals surface area contributed by atoms with Crippen LogP contribution in [0.2, 0.25) is 0 Å². The fourth-order valence-corrected chi connectivity index (χ4v) is 2.94. The van der Waals surface area contributed by atoms with Gasteiger partial charge in [0.2, 0.25) is 5.91 Å². The normalized spacial score (nSPS) is 20.6. The predicted molar refractivity (Wildman–Crippen MR) is 87.1 cm³/mol. The highest BCUT2D eigenvalue weighted by Crippen LogP contribution is 2.32. The topological polar surface area (TPSA) is 115 Å². The molecule has 2 N–H and O–H groups in total. The summed E-state index contributed by atoms with van der Waals surface area (Å²) >= 11 is 0. The number of amides is 1. The van der Waals surface area contributed by atoms with Gasteiger partial charge in [-0.05, 0) is 18.9 Å². The number of carbonyl (C=O) groups is 4. The fraction of sp³-hybridized carbons (Fsp3) is 0.529. The zero-order chi connectivity index (χ0) is 18.6. The highest BCUT2D eigenvalue weighted by molar-refractivity contribution is 6.24. The first-order chi connectivity index (χ1) is 11.9. The smallest absolute Gasteiger partial charge is 0.322 e.